The summed E-state index contributed by atoms with van der Waals surface area (Å²) in [5.41, 5.74) is -0.867. The van der Waals surface area contributed by atoms with Crippen molar-refractivity contribution in [1.29, 1.82) is 0 Å². The fraction of sp³-hybridized carbons (Fsp3) is 0.500. The maximum atomic E-state index is 7.80. The van der Waals surface area contributed by atoms with Crippen LogP contribution in [0.25, 0.3) is 5.13 Å². The summed E-state index contributed by atoms with van der Waals surface area (Å²) in [6.45, 7) is 7.90. The normalized spacial score (nSPS) is 23.2. The van der Waals surface area contributed by atoms with Crippen LogP contribution in [-0.2, 0) is 9.31 Å². The first-order valence-electron chi connectivity index (χ1n) is 7.47. The Hall–Kier alpha value is -1.18. The molecule has 0 aliphatic carbocycles. The molecule has 0 unspecified atom stereocenters. The Labute approximate surface area is 120 Å². The van der Waals surface area contributed by atoms with E-state index in [1.54, 1.807) is 6.20 Å². The van der Waals surface area contributed by atoms with Gasteiger partial charge in [0.25, 0.3) is 0 Å². The monoisotopic (exact) mass is 280 g/mol. The van der Waals surface area contributed by atoms with Crippen molar-refractivity contribution in [2.75, 3.05) is 0 Å². The van der Waals surface area contributed by atoms with Crippen molar-refractivity contribution in [2.24, 2.45) is 0 Å². The fourth-order valence-electron chi connectivity index (χ4n) is 1.71. The second-order valence-corrected chi connectivity index (χ2v) is 6.43. The lowest BCUT2D eigenvalue weighted by atomic mass is 9.89. The van der Waals surface area contributed by atoms with Crippen LogP contribution in [0.2, 0.25) is 0 Å². The first kappa shape index (κ1) is 9.69. The summed E-state index contributed by atoms with van der Waals surface area (Å²) >= 11 is 1.27. The van der Waals surface area contributed by atoms with Gasteiger partial charge in [0, 0.05) is 18.5 Å². The fourth-order valence-corrected chi connectivity index (χ4v) is 2.50. The third kappa shape index (κ3) is 2.11. The van der Waals surface area contributed by atoms with Crippen molar-refractivity contribution in [1.82, 2.24) is 14.8 Å². The second-order valence-electron chi connectivity index (χ2n) is 5.39. The Morgan fingerprint density at radius 2 is 2.00 bits per heavy atom. The highest BCUT2D eigenvalue weighted by Gasteiger charge is 2.52. The van der Waals surface area contributed by atoms with Gasteiger partial charge in [-0.05, 0) is 33.7 Å². The van der Waals surface area contributed by atoms with E-state index in [4.69, 9.17) is 13.4 Å². The Morgan fingerprint density at radius 3 is 2.58 bits per heavy atom. The minimum Gasteiger partial charge on any atom is -0.399 e. The van der Waals surface area contributed by atoms with Crippen LogP contribution in [0.3, 0.4) is 0 Å². The highest BCUT2D eigenvalue weighted by atomic mass is 32.1. The van der Waals surface area contributed by atoms with Crippen molar-refractivity contribution in [3.63, 3.8) is 0 Å². The van der Waals surface area contributed by atoms with E-state index in [0.717, 1.165) is 4.78 Å². The number of nitrogens with zero attached hydrogens (tertiary/aromatic N) is 3. The van der Waals surface area contributed by atoms with Gasteiger partial charge in [-0.1, -0.05) is 0 Å². The molecule has 0 radical (unpaired) electrons. The van der Waals surface area contributed by atoms with Gasteiger partial charge >= 0.3 is 7.12 Å². The number of aromatic nitrogens is 3. The summed E-state index contributed by atoms with van der Waals surface area (Å²) < 4.78 is 36.7. The Balaban J connectivity index is 1.91. The minimum absolute atomic E-state index is 0.153. The zero-order valence-electron chi connectivity index (χ0n) is 14.2. The first-order chi connectivity index (χ1) is 10.1. The summed E-state index contributed by atoms with van der Waals surface area (Å²) in [6.07, 6.45) is 1.23. The predicted octanol–water partition coefficient (Wildman–Crippen LogP) is 1.63. The molecule has 0 atom stereocenters. The molecule has 7 heteroatoms. The molecule has 0 amide bonds. The molecule has 100 valence electrons. The molecule has 1 saturated heterocycles. The van der Waals surface area contributed by atoms with Gasteiger partial charge in [-0.25, -0.2) is 9.67 Å². The average Bonchev–Trinajstić information content (AvgIpc) is 3.04. The smallest absolute Gasteiger partial charge is 0.399 e. The first-order valence-corrected chi connectivity index (χ1v) is 6.78. The molecule has 0 bridgehead atoms. The quantitative estimate of drug-likeness (QED) is 0.784. The van der Waals surface area contributed by atoms with Crippen LogP contribution in [0, 0.1) is 0 Å². The summed E-state index contributed by atoms with van der Waals surface area (Å²) in [5.74, 6) is 0. The standard InChI is InChI=1S/C12H16BN3O2S/c1-11(2)12(3,4)18-13(17-11)9-8-14-10(19-9)16-7-5-6-15-16/h5-8H,1-4H3/i5D,6D,7D. The van der Waals surface area contributed by atoms with Gasteiger partial charge in [0.2, 0.25) is 5.13 Å². The maximum absolute atomic E-state index is 7.80. The van der Waals surface area contributed by atoms with E-state index in [2.05, 4.69) is 10.1 Å². The van der Waals surface area contributed by atoms with Crippen LogP contribution in [0.4, 0.5) is 0 Å². The highest BCUT2D eigenvalue weighted by molar-refractivity contribution is 7.24. The molecule has 0 N–H and O–H groups in total. The van der Waals surface area contributed by atoms with Gasteiger partial charge in [-0.2, -0.15) is 5.10 Å². The zero-order valence-corrected chi connectivity index (χ0v) is 12.0. The van der Waals surface area contributed by atoms with Gasteiger partial charge < -0.3 is 9.31 Å². The molecule has 2 aromatic rings. The molecule has 0 aromatic carbocycles. The lowest BCUT2D eigenvalue weighted by Gasteiger charge is -2.32. The largest absolute Gasteiger partial charge is 0.507 e. The third-order valence-electron chi connectivity index (χ3n) is 3.55. The molecule has 1 aliphatic rings. The van der Waals surface area contributed by atoms with E-state index in [1.807, 2.05) is 27.7 Å². The van der Waals surface area contributed by atoms with E-state index in [1.165, 1.54) is 16.0 Å². The van der Waals surface area contributed by atoms with E-state index >= 15 is 0 Å². The van der Waals surface area contributed by atoms with Crippen LogP contribution in [0.15, 0.2) is 24.6 Å². The lowest BCUT2D eigenvalue weighted by molar-refractivity contribution is 0.00578. The Kier molecular flexibility index (Phi) is 2.12. The van der Waals surface area contributed by atoms with Crippen molar-refractivity contribution < 1.29 is 13.4 Å². The lowest BCUT2D eigenvalue weighted by Crippen LogP contribution is -2.41. The SMILES string of the molecule is [2H]c1nn(-c2ncc(B3OC(C)(C)C(C)(C)O3)s2)c([2H])c1[2H]. The Morgan fingerprint density at radius 1 is 1.32 bits per heavy atom. The average molecular weight is 280 g/mol. The van der Waals surface area contributed by atoms with Crippen LogP contribution >= 0.6 is 11.3 Å². The topological polar surface area (TPSA) is 49.2 Å². The summed E-state index contributed by atoms with van der Waals surface area (Å²) in [7, 11) is -0.521. The van der Waals surface area contributed by atoms with Crippen LogP contribution in [0.1, 0.15) is 31.8 Å². The van der Waals surface area contributed by atoms with Crippen LogP contribution < -0.4 is 4.78 Å². The molecule has 1 fully saturated rings. The molecule has 19 heavy (non-hydrogen) atoms. The maximum Gasteiger partial charge on any atom is 0.507 e. The van der Waals surface area contributed by atoms with E-state index < -0.39 is 18.3 Å². The van der Waals surface area contributed by atoms with Gasteiger partial charge in [0.05, 0.1) is 20.1 Å². The van der Waals surface area contributed by atoms with Gasteiger partial charge in [-0.3, -0.25) is 0 Å². The zero-order chi connectivity index (χ0) is 16.3. The number of thiazole rings is 1. The molecule has 1 aliphatic heterocycles. The molecule has 0 saturated carbocycles. The van der Waals surface area contributed by atoms with Gasteiger partial charge in [0.15, 0.2) is 0 Å². The third-order valence-corrected chi connectivity index (χ3v) is 4.54. The molecule has 5 nitrogen and oxygen atoms in total. The van der Waals surface area contributed by atoms with E-state index in [-0.39, 0.29) is 18.4 Å². The molecule has 2 aromatic heterocycles. The minimum atomic E-state index is -0.521. The molecule has 0 spiro atoms. The predicted molar refractivity (Wildman–Crippen MR) is 75.0 cm³/mol. The molecule has 3 heterocycles. The van der Waals surface area contributed by atoms with Crippen LogP contribution in [0.5, 0.6) is 0 Å². The molecular formula is C12H16BN3O2S. The Bertz CT molecular complexity index is 715. The number of hydrogen-bond donors (Lipinski definition) is 0. The molecular weight excluding hydrogens is 261 g/mol. The summed E-state index contributed by atoms with van der Waals surface area (Å²) in [6, 6.07) is -0.215. The van der Waals surface area contributed by atoms with Crippen molar-refractivity contribution in [3.05, 3.63) is 24.6 Å². The van der Waals surface area contributed by atoms with Gasteiger partial charge in [0.1, 0.15) is 0 Å². The van der Waals surface area contributed by atoms with E-state index in [0.29, 0.717) is 5.13 Å². The van der Waals surface area contributed by atoms with Crippen molar-refractivity contribution in [3.8, 4) is 5.13 Å². The van der Waals surface area contributed by atoms with Crippen LogP contribution in [-0.4, -0.2) is 33.1 Å². The summed E-state index contributed by atoms with van der Waals surface area (Å²) in [5, 5.41) is 4.27. The summed E-state index contributed by atoms with van der Waals surface area (Å²) in [4.78, 5) is 4.21. The van der Waals surface area contributed by atoms with E-state index in [9.17, 15) is 0 Å². The second kappa shape index (κ2) is 4.16. The number of rotatable bonds is 2. The highest BCUT2D eigenvalue weighted by Crippen LogP contribution is 2.36. The van der Waals surface area contributed by atoms with Gasteiger partial charge in [-0.15, -0.1) is 11.3 Å². The van der Waals surface area contributed by atoms with Crippen molar-refractivity contribution in [2.45, 2.75) is 38.9 Å². The molecule has 3 rings (SSSR count). The number of hydrogen-bond acceptors (Lipinski definition) is 5. The van der Waals surface area contributed by atoms with Crippen molar-refractivity contribution >= 4 is 23.2 Å².